The Kier molecular flexibility index (Phi) is 4.42. The second-order valence-corrected chi connectivity index (χ2v) is 3.84. The van der Waals surface area contributed by atoms with E-state index in [9.17, 15) is 0 Å². The van der Waals surface area contributed by atoms with Crippen molar-refractivity contribution in [3.05, 3.63) is 12.2 Å². The van der Waals surface area contributed by atoms with Crippen LogP contribution in [0.4, 0.5) is 0 Å². The first-order valence-electron chi connectivity index (χ1n) is 4.83. The largest absolute Gasteiger partial charge is 0.374 e. The fourth-order valence-corrected chi connectivity index (χ4v) is 1.44. The lowest BCUT2D eigenvalue weighted by molar-refractivity contribution is -0.0177. The van der Waals surface area contributed by atoms with Gasteiger partial charge in [-0.1, -0.05) is 12.2 Å². The maximum absolute atomic E-state index is 5.60. The number of hydrogen-bond acceptors (Lipinski definition) is 3. The second-order valence-electron chi connectivity index (χ2n) is 3.84. The highest BCUT2D eigenvalue weighted by atomic mass is 16.5. The third-order valence-corrected chi connectivity index (χ3v) is 2.14. The SMILES string of the molecule is C=C(C)CNCC1CN(C)CCO1. The Labute approximate surface area is 80.8 Å². The van der Waals surface area contributed by atoms with Gasteiger partial charge in [0, 0.05) is 26.2 Å². The maximum atomic E-state index is 5.60. The molecule has 0 aromatic rings. The Morgan fingerprint density at radius 2 is 2.46 bits per heavy atom. The molecule has 0 spiro atoms. The molecule has 1 heterocycles. The van der Waals surface area contributed by atoms with Crippen molar-refractivity contribution in [1.29, 1.82) is 0 Å². The van der Waals surface area contributed by atoms with Gasteiger partial charge >= 0.3 is 0 Å². The van der Waals surface area contributed by atoms with E-state index < -0.39 is 0 Å². The van der Waals surface area contributed by atoms with Crippen molar-refractivity contribution in [2.24, 2.45) is 0 Å². The van der Waals surface area contributed by atoms with Crippen LogP contribution in [0.3, 0.4) is 0 Å². The van der Waals surface area contributed by atoms with E-state index in [1.54, 1.807) is 0 Å². The molecule has 1 N–H and O–H groups in total. The molecule has 1 atom stereocenters. The van der Waals surface area contributed by atoms with Gasteiger partial charge in [0.25, 0.3) is 0 Å². The monoisotopic (exact) mass is 184 g/mol. The molecule has 0 amide bonds. The van der Waals surface area contributed by atoms with Crippen LogP contribution in [0.15, 0.2) is 12.2 Å². The number of likely N-dealkylation sites (N-methyl/N-ethyl adjacent to an activating group) is 1. The van der Waals surface area contributed by atoms with E-state index in [1.165, 1.54) is 5.57 Å². The van der Waals surface area contributed by atoms with E-state index in [0.717, 1.165) is 32.8 Å². The van der Waals surface area contributed by atoms with Crippen LogP contribution in [-0.4, -0.2) is 50.8 Å². The predicted octanol–water partition coefficient (Wildman–Crippen LogP) is 0.483. The van der Waals surface area contributed by atoms with Crippen LogP contribution >= 0.6 is 0 Å². The van der Waals surface area contributed by atoms with Gasteiger partial charge in [-0.2, -0.15) is 0 Å². The Morgan fingerprint density at radius 1 is 1.69 bits per heavy atom. The number of ether oxygens (including phenoxy) is 1. The van der Waals surface area contributed by atoms with Crippen molar-refractivity contribution >= 4 is 0 Å². The van der Waals surface area contributed by atoms with Gasteiger partial charge in [-0.3, -0.25) is 0 Å². The molecule has 13 heavy (non-hydrogen) atoms. The summed E-state index contributed by atoms with van der Waals surface area (Å²) in [5.41, 5.74) is 1.17. The summed E-state index contributed by atoms with van der Waals surface area (Å²) in [7, 11) is 2.13. The van der Waals surface area contributed by atoms with Crippen LogP contribution in [0.25, 0.3) is 0 Å². The van der Waals surface area contributed by atoms with Gasteiger partial charge in [0.2, 0.25) is 0 Å². The highest BCUT2D eigenvalue weighted by molar-refractivity contribution is 4.90. The molecule has 1 rings (SSSR count). The summed E-state index contributed by atoms with van der Waals surface area (Å²) in [4.78, 5) is 2.30. The van der Waals surface area contributed by atoms with E-state index in [2.05, 4.69) is 23.8 Å². The second kappa shape index (κ2) is 5.37. The molecule has 3 heteroatoms. The quantitative estimate of drug-likeness (QED) is 0.643. The lowest BCUT2D eigenvalue weighted by Crippen LogP contribution is -2.45. The molecule has 0 saturated carbocycles. The molecule has 0 aromatic heterocycles. The minimum Gasteiger partial charge on any atom is -0.374 e. The Hall–Kier alpha value is -0.380. The molecular weight excluding hydrogens is 164 g/mol. The molecule has 1 fully saturated rings. The third kappa shape index (κ3) is 4.41. The molecule has 1 aliphatic rings. The van der Waals surface area contributed by atoms with E-state index in [0.29, 0.717) is 6.10 Å². The predicted molar refractivity (Wildman–Crippen MR) is 54.9 cm³/mol. The molecular formula is C10H20N2O. The molecule has 0 aliphatic carbocycles. The van der Waals surface area contributed by atoms with Crippen LogP contribution in [0.2, 0.25) is 0 Å². The van der Waals surface area contributed by atoms with Gasteiger partial charge in [-0.05, 0) is 14.0 Å². The topological polar surface area (TPSA) is 24.5 Å². The number of nitrogens with zero attached hydrogens (tertiary/aromatic N) is 1. The van der Waals surface area contributed by atoms with Gasteiger partial charge in [-0.15, -0.1) is 0 Å². The molecule has 3 nitrogen and oxygen atoms in total. The van der Waals surface area contributed by atoms with Gasteiger partial charge in [-0.25, -0.2) is 0 Å². The zero-order chi connectivity index (χ0) is 9.68. The molecule has 1 saturated heterocycles. The summed E-state index contributed by atoms with van der Waals surface area (Å²) in [6, 6.07) is 0. The highest BCUT2D eigenvalue weighted by Gasteiger charge is 2.16. The summed E-state index contributed by atoms with van der Waals surface area (Å²) >= 11 is 0. The average Bonchev–Trinajstić information content (AvgIpc) is 2.03. The Balaban J connectivity index is 2.10. The minimum absolute atomic E-state index is 0.345. The van der Waals surface area contributed by atoms with Gasteiger partial charge < -0.3 is 15.0 Å². The summed E-state index contributed by atoms with van der Waals surface area (Å²) in [5, 5.41) is 3.32. The van der Waals surface area contributed by atoms with Gasteiger partial charge in [0.15, 0.2) is 0 Å². The van der Waals surface area contributed by atoms with Crippen molar-refractivity contribution < 1.29 is 4.74 Å². The standard InChI is InChI=1S/C10H20N2O/c1-9(2)6-11-7-10-8-12(3)4-5-13-10/h10-11H,1,4-8H2,2-3H3. The van der Waals surface area contributed by atoms with Crippen molar-refractivity contribution in [1.82, 2.24) is 10.2 Å². The average molecular weight is 184 g/mol. The number of morpholine rings is 1. The third-order valence-electron chi connectivity index (χ3n) is 2.14. The number of nitrogens with one attached hydrogen (secondary N) is 1. The molecule has 0 aromatic carbocycles. The smallest absolute Gasteiger partial charge is 0.0826 e. The number of hydrogen-bond donors (Lipinski definition) is 1. The van der Waals surface area contributed by atoms with Crippen LogP contribution in [-0.2, 0) is 4.74 Å². The first-order valence-corrected chi connectivity index (χ1v) is 4.83. The molecule has 0 bridgehead atoms. The van der Waals surface area contributed by atoms with Crippen LogP contribution in [0.1, 0.15) is 6.92 Å². The first kappa shape index (κ1) is 10.7. The van der Waals surface area contributed by atoms with Crippen molar-refractivity contribution in [2.45, 2.75) is 13.0 Å². The van der Waals surface area contributed by atoms with Crippen LogP contribution in [0.5, 0.6) is 0 Å². The molecule has 1 unspecified atom stereocenters. The van der Waals surface area contributed by atoms with E-state index >= 15 is 0 Å². The lowest BCUT2D eigenvalue weighted by atomic mass is 10.2. The summed E-state index contributed by atoms with van der Waals surface area (Å²) in [6.07, 6.45) is 0.345. The molecule has 0 radical (unpaired) electrons. The normalized spacial score (nSPS) is 24.6. The van der Waals surface area contributed by atoms with E-state index in [4.69, 9.17) is 4.74 Å². The van der Waals surface area contributed by atoms with Crippen molar-refractivity contribution in [3.8, 4) is 0 Å². The Bertz CT molecular complexity index is 170. The Morgan fingerprint density at radius 3 is 3.08 bits per heavy atom. The van der Waals surface area contributed by atoms with Crippen molar-refractivity contribution in [2.75, 3.05) is 39.8 Å². The lowest BCUT2D eigenvalue weighted by Gasteiger charge is -2.30. The van der Waals surface area contributed by atoms with Gasteiger partial charge in [0.1, 0.15) is 0 Å². The zero-order valence-electron chi connectivity index (χ0n) is 8.68. The summed E-state index contributed by atoms with van der Waals surface area (Å²) < 4.78 is 5.60. The number of rotatable bonds is 4. The highest BCUT2D eigenvalue weighted by Crippen LogP contribution is 2.01. The summed E-state index contributed by atoms with van der Waals surface area (Å²) in [5.74, 6) is 0. The van der Waals surface area contributed by atoms with E-state index in [1.807, 2.05) is 6.92 Å². The zero-order valence-corrected chi connectivity index (χ0v) is 8.68. The summed E-state index contributed by atoms with van der Waals surface area (Å²) in [6.45, 7) is 10.6. The molecule has 1 aliphatic heterocycles. The molecule has 76 valence electrons. The van der Waals surface area contributed by atoms with Gasteiger partial charge in [0.05, 0.1) is 12.7 Å². The maximum Gasteiger partial charge on any atom is 0.0826 e. The minimum atomic E-state index is 0.345. The van der Waals surface area contributed by atoms with Crippen LogP contribution < -0.4 is 5.32 Å². The van der Waals surface area contributed by atoms with Crippen LogP contribution in [0, 0.1) is 0 Å². The first-order chi connectivity index (χ1) is 6.18. The van der Waals surface area contributed by atoms with Crippen molar-refractivity contribution in [3.63, 3.8) is 0 Å². The fraction of sp³-hybridized carbons (Fsp3) is 0.800. The van der Waals surface area contributed by atoms with E-state index in [-0.39, 0.29) is 0 Å². The fourth-order valence-electron chi connectivity index (χ4n) is 1.44.